The first-order valence-electron chi connectivity index (χ1n) is 9.07. The summed E-state index contributed by atoms with van der Waals surface area (Å²) in [5, 5.41) is 4.13. The number of hydrogen-bond acceptors (Lipinski definition) is 5. The molecule has 0 heterocycles. The van der Waals surface area contributed by atoms with E-state index in [1.165, 1.54) is 19.2 Å². The normalized spacial score (nSPS) is 13.8. The van der Waals surface area contributed by atoms with Gasteiger partial charge in [-0.15, -0.1) is 0 Å². The van der Waals surface area contributed by atoms with E-state index in [0.717, 1.165) is 35.7 Å². The fourth-order valence-corrected chi connectivity index (χ4v) is 4.51. The van der Waals surface area contributed by atoms with Crippen molar-refractivity contribution in [2.75, 3.05) is 18.0 Å². The molecule has 8 heteroatoms. The molecule has 1 aliphatic carbocycles. The van der Waals surface area contributed by atoms with E-state index in [1.54, 1.807) is 42.5 Å². The standard InChI is InChI=1S/C20H23N3O4S/c1-27-19-14-8-7-13-18(19)23(28(25,26)17-11-3-2-4-12-17)15-20(24)22-21-16-9-5-6-10-16/h2-4,7-8,11-14H,5-6,9-10,15H2,1H3,(H,22,24). The third-order valence-corrected chi connectivity index (χ3v) is 6.27. The molecule has 0 saturated heterocycles. The second kappa shape index (κ2) is 8.88. The van der Waals surface area contributed by atoms with Crippen LogP contribution in [0.4, 0.5) is 5.69 Å². The molecular weight excluding hydrogens is 378 g/mol. The Morgan fingerprint density at radius 3 is 2.39 bits per heavy atom. The minimum atomic E-state index is -3.98. The maximum absolute atomic E-state index is 13.3. The maximum Gasteiger partial charge on any atom is 0.264 e. The van der Waals surface area contributed by atoms with E-state index in [-0.39, 0.29) is 10.6 Å². The van der Waals surface area contributed by atoms with Gasteiger partial charge in [-0.2, -0.15) is 5.10 Å². The average molecular weight is 401 g/mol. The second-order valence-corrected chi connectivity index (χ2v) is 8.28. The van der Waals surface area contributed by atoms with Gasteiger partial charge < -0.3 is 4.74 Å². The van der Waals surface area contributed by atoms with Crippen LogP contribution in [0.3, 0.4) is 0 Å². The lowest BCUT2D eigenvalue weighted by atomic mass is 10.3. The number of para-hydroxylation sites is 2. The van der Waals surface area contributed by atoms with Crippen molar-refractivity contribution in [1.82, 2.24) is 5.43 Å². The molecule has 2 aromatic rings. The molecule has 1 saturated carbocycles. The molecule has 7 nitrogen and oxygen atoms in total. The summed E-state index contributed by atoms with van der Waals surface area (Å²) in [6, 6.07) is 14.7. The highest BCUT2D eigenvalue weighted by Crippen LogP contribution is 2.32. The van der Waals surface area contributed by atoms with Crippen molar-refractivity contribution in [1.29, 1.82) is 0 Å². The summed E-state index contributed by atoms with van der Waals surface area (Å²) < 4.78 is 32.9. The molecule has 0 unspecified atom stereocenters. The van der Waals surface area contributed by atoms with Crippen molar-refractivity contribution in [3.8, 4) is 5.75 Å². The van der Waals surface area contributed by atoms with Gasteiger partial charge in [0.25, 0.3) is 15.9 Å². The van der Waals surface area contributed by atoms with Gasteiger partial charge in [-0.25, -0.2) is 13.8 Å². The van der Waals surface area contributed by atoms with Gasteiger partial charge in [-0.05, 0) is 49.9 Å². The number of carbonyl (C=O) groups excluding carboxylic acids is 1. The molecule has 28 heavy (non-hydrogen) atoms. The molecule has 0 spiro atoms. The van der Waals surface area contributed by atoms with Gasteiger partial charge in [0.1, 0.15) is 12.3 Å². The molecule has 3 rings (SSSR count). The van der Waals surface area contributed by atoms with Crippen molar-refractivity contribution in [3.63, 3.8) is 0 Å². The van der Waals surface area contributed by atoms with Crippen LogP contribution in [0.1, 0.15) is 25.7 Å². The average Bonchev–Trinajstić information content (AvgIpc) is 3.25. The van der Waals surface area contributed by atoms with Crippen LogP contribution in [-0.2, 0) is 14.8 Å². The summed E-state index contributed by atoms with van der Waals surface area (Å²) in [7, 11) is -2.52. The molecule has 0 atom stereocenters. The van der Waals surface area contributed by atoms with Gasteiger partial charge in [0.05, 0.1) is 17.7 Å². The van der Waals surface area contributed by atoms with Crippen LogP contribution in [0.15, 0.2) is 64.6 Å². The minimum Gasteiger partial charge on any atom is -0.495 e. The van der Waals surface area contributed by atoms with Crippen molar-refractivity contribution >= 4 is 27.3 Å². The molecule has 1 N–H and O–H groups in total. The van der Waals surface area contributed by atoms with E-state index in [0.29, 0.717) is 5.75 Å². The third kappa shape index (κ3) is 4.51. The third-order valence-electron chi connectivity index (χ3n) is 4.49. The molecular formula is C20H23N3O4S. The summed E-state index contributed by atoms with van der Waals surface area (Å²) in [4.78, 5) is 12.6. The quantitative estimate of drug-likeness (QED) is 0.723. The van der Waals surface area contributed by atoms with Crippen molar-refractivity contribution < 1.29 is 17.9 Å². The van der Waals surface area contributed by atoms with Crippen LogP contribution in [0.25, 0.3) is 0 Å². The summed E-state index contributed by atoms with van der Waals surface area (Å²) in [6.07, 6.45) is 3.84. The van der Waals surface area contributed by atoms with Crippen LogP contribution >= 0.6 is 0 Å². The Labute approximate surface area is 165 Å². The Kier molecular flexibility index (Phi) is 6.30. The summed E-state index contributed by atoms with van der Waals surface area (Å²) in [6.45, 7) is -0.408. The SMILES string of the molecule is COc1ccccc1N(CC(=O)NN=C1CCCC1)S(=O)(=O)c1ccccc1. The lowest BCUT2D eigenvalue weighted by Gasteiger charge is -2.25. The number of ether oxygens (including phenoxy) is 1. The Morgan fingerprint density at radius 1 is 1.07 bits per heavy atom. The summed E-state index contributed by atoms with van der Waals surface area (Å²) in [5.41, 5.74) is 3.71. The van der Waals surface area contributed by atoms with Crippen LogP contribution in [0.5, 0.6) is 5.75 Å². The van der Waals surface area contributed by atoms with Gasteiger partial charge in [0.15, 0.2) is 0 Å². The predicted octanol–water partition coefficient (Wildman–Crippen LogP) is 2.94. The molecule has 2 aromatic carbocycles. The van der Waals surface area contributed by atoms with Crippen molar-refractivity contribution in [2.24, 2.45) is 5.10 Å². The zero-order valence-electron chi connectivity index (χ0n) is 15.7. The van der Waals surface area contributed by atoms with Gasteiger partial charge in [-0.3, -0.25) is 9.10 Å². The Balaban J connectivity index is 1.93. The second-order valence-electron chi connectivity index (χ2n) is 6.42. The van der Waals surface area contributed by atoms with E-state index in [9.17, 15) is 13.2 Å². The Morgan fingerprint density at radius 2 is 1.71 bits per heavy atom. The van der Waals surface area contributed by atoms with Crippen molar-refractivity contribution in [3.05, 3.63) is 54.6 Å². The topological polar surface area (TPSA) is 88.1 Å². The number of methoxy groups -OCH3 is 1. The maximum atomic E-state index is 13.3. The highest BCUT2D eigenvalue weighted by molar-refractivity contribution is 7.92. The predicted molar refractivity (Wildman–Crippen MR) is 108 cm³/mol. The van der Waals surface area contributed by atoms with Crippen LogP contribution in [0.2, 0.25) is 0 Å². The minimum absolute atomic E-state index is 0.0933. The largest absolute Gasteiger partial charge is 0.495 e. The lowest BCUT2D eigenvalue weighted by molar-refractivity contribution is -0.119. The first-order valence-corrected chi connectivity index (χ1v) is 10.5. The number of hydrogen-bond donors (Lipinski definition) is 1. The van der Waals surface area contributed by atoms with E-state index < -0.39 is 22.5 Å². The van der Waals surface area contributed by atoms with E-state index in [1.807, 2.05) is 0 Å². The Hall–Kier alpha value is -2.87. The van der Waals surface area contributed by atoms with Crippen molar-refractivity contribution in [2.45, 2.75) is 30.6 Å². The number of hydrazone groups is 1. The van der Waals surface area contributed by atoms with Gasteiger partial charge in [0, 0.05) is 5.71 Å². The zero-order valence-corrected chi connectivity index (χ0v) is 16.5. The number of sulfonamides is 1. The number of amides is 1. The lowest BCUT2D eigenvalue weighted by Crippen LogP contribution is -2.40. The highest BCUT2D eigenvalue weighted by Gasteiger charge is 2.29. The van der Waals surface area contributed by atoms with E-state index >= 15 is 0 Å². The molecule has 0 radical (unpaired) electrons. The molecule has 148 valence electrons. The van der Waals surface area contributed by atoms with Gasteiger partial charge in [0.2, 0.25) is 0 Å². The number of benzene rings is 2. The fourth-order valence-electron chi connectivity index (χ4n) is 3.06. The van der Waals surface area contributed by atoms with Crippen LogP contribution < -0.4 is 14.5 Å². The number of nitrogens with one attached hydrogen (secondary N) is 1. The van der Waals surface area contributed by atoms with Crippen LogP contribution in [-0.4, -0.2) is 33.7 Å². The monoisotopic (exact) mass is 401 g/mol. The first kappa shape index (κ1) is 19.9. The van der Waals surface area contributed by atoms with E-state index in [2.05, 4.69) is 10.5 Å². The molecule has 0 aliphatic heterocycles. The molecule has 1 fully saturated rings. The number of anilines is 1. The van der Waals surface area contributed by atoms with Gasteiger partial charge in [-0.1, -0.05) is 30.3 Å². The number of nitrogens with zero attached hydrogens (tertiary/aromatic N) is 2. The molecule has 0 bridgehead atoms. The summed E-state index contributed by atoms with van der Waals surface area (Å²) >= 11 is 0. The smallest absolute Gasteiger partial charge is 0.264 e. The van der Waals surface area contributed by atoms with E-state index in [4.69, 9.17) is 4.74 Å². The fraction of sp³-hybridized carbons (Fsp3) is 0.300. The zero-order chi connectivity index (χ0) is 20.0. The Bertz CT molecular complexity index is 950. The molecule has 0 aromatic heterocycles. The number of rotatable bonds is 7. The number of carbonyl (C=O) groups is 1. The van der Waals surface area contributed by atoms with Gasteiger partial charge >= 0.3 is 0 Å². The molecule has 1 amide bonds. The molecule has 1 aliphatic rings. The summed E-state index contributed by atoms with van der Waals surface area (Å²) in [5.74, 6) is -0.151. The first-order chi connectivity index (χ1) is 13.5. The van der Waals surface area contributed by atoms with Crippen LogP contribution in [0, 0.1) is 0 Å². The highest BCUT2D eigenvalue weighted by atomic mass is 32.2.